The number of carbonyl (C=O) groups is 1. The van der Waals surface area contributed by atoms with Crippen molar-refractivity contribution in [2.45, 2.75) is 17.9 Å². The molecule has 9 nitrogen and oxygen atoms in total. The van der Waals surface area contributed by atoms with Gasteiger partial charge in [-0.25, -0.2) is 9.97 Å². The molecule has 0 aliphatic carbocycles. The van der Waals surface area contributed by atoms with Gasteiger partial charge < -0.3 is 21.0 Å². The van der Waals surface area contributed by atoms with Crippen LogP contribution in [0.5, 0.6) is 0 Å². The van der Waals surface area contributed by atoms with Crippen molar-refractivity contribution in [3.63, 3.8) is 0 Å². The Morgan fingerprint density at radius 1 is 0.971 bits per heavy atom. The van der Waals surface area contributed by atoms with E-state index in [4.69, 9.17) is 11.1 Å². The molecule has 2 aromatic carbocycles. The summed E-state index contributed by atoms with van der Waals surface area (Å²) >= 11 is 1.48. The number of imidazole rings is 2. The van der Waals surface area contributed by atoms with Crippen LogP contribution in [0.4, 0.5) is 0 Å². The van der Waals surface area contributed by atoms with Gasteiger partial charge in [-0.2, -0.15) is 0 Å². The van der Waals surface area contributed by atoms with E-state index < -0.39 is 0 Å². The van der Waals surface area contributed by atoms with E-state index in [0.717, 1.165) is 44.2 Å². The Hall–Kier alpha value is -4.18. The number of nitrogens with one attached hydrogen (secondary N) is 4. The van der Waals surface area contributed by atoms with Crippen molar-refractivity contribution in [2.75, 3.05) is 5.75 Å². The second-order valence-corrected chi connectivity index (χ2v) is 8.84. The number of pyridine rings is 1. The molecule has 3 aromatic heterocycles. The smallest absolute Gasteiger partial charge is 0.230 e. The zero-order valence-corrected chi connectivity index (χ0v) is 18.9. The quantitative estimate of drug-likeness (QED) is 0.134. The van der Waals surface area contributed by atoms with E-state index in [1.165, 1.54) is 11.8 Å². The van der Waals surface area contributed by atoms with Crippen molar-refractivity contribution in [1.82, 2.24) is 30.2 Å². The molecule has 170 valence electrons. The molecular weight excluding hydrogens is 448 g/mol. The molecule has 0 atom stereocenters. The van der Waals surface area contributed by atoms with Crippen LogP contribution in [0.1, 0.15) is 22.8 Å². The fraction of sp³-hybridized carbons (Fsp3) is 0.125. The van der Waals surface area contributed by atoms with Crippen molar-refractivity contribution in [2.24, 2.45) is 5.73 Å². The monoisotopic (exact) mass is 470 g/mol. The van der Waals surface area contributed by atoms with Gasteiger partial charge >= 0.3 is 0 Å². The highest BCUT2D eigenvalue weighted by Gasteiger charge is 2.10. The number of nitrogens with two attached hydrogens (primary N) is 1. The number of amidine groups is 1. The summed E-state index contributed by atoms with van der Waals surface area (Å²) in [6.45, 7) is 0.447. The number of nitrogen functional groups attached to an aromatic ring is 1. The Kier molecular flexibility index (Phi) is 5.96. The molecule has 1 amide bonds. The van der Waals surface area contributed by atoms with Crippen LogP contribution in [0.15, 0.2) is 65.8 Å². The normalized spacial score (nSPS) is 11.2. The van der Waals surface area contributed by atoms with Crippen LogP contribution in [-0.2, 0) is 17.8 Å². The summed E-state index contributed by atoms with van der Waals surface area (Å²) in [5.41, 5.74) is 10.6. The van der Waals surface area contributed by atoms with Crippen LogP contribution >= 0.6 is 11.8 Å². The fourth-order valence-electron chi connectivity index (χ4n) is 3.61. The molecule has 0 unspecified atom stereocenters. The maximum absolute atomic E-state index is 12.2. The Balaban J connectivity index is 1.22. The molecule has 0 aliphatic rings. The number of H-pyrrole nitrogens is 2. The first-order valence-electron chi connectivity index (χ1n) is 10.6. The van der Waals surface area contributed by atoms with E-state index in [1.807, 2.05) is 42.5 Å². The van der Waals surface area contributed by atoms with Crippen molar-refractivity contribution in [3.8, 4) is 0 Å². The second-order valence-electron chi connectivity index (χ2n) is 7.79. The second kappa shape index (κ2) is 9.36. The van der Waals surface area contributed by atoms with Gasteiger partial charge in [0.05, 0.1) is 34.2 Å². The number of nitrogens with zero attached hydrogens (tertiary/aromatic N) is 3. The summed E-state index contributed by atoms with van der Waals surface area (Å²) in [7, 11) is 0. The van der Waals surface area contributed by atoms with Gasteiger partial charge in [-0.3, -0.25) is 15.2 Å². The Labute approximate surface area is 199 Å². The third kappa shape index (κ3) is 4.91. The fourth-order valence-corrected chi connectivity index (χ4v) is 4.32. The molecule has 0 spiro atoms. The van der Waals surface area contributed by atoms with Crippen LogP contribution in [0.2, 0.25) is 0 Å². The Bertz CT molecular complexity index is 1490. The molecule has 5 rings (SSSR count). The first kappa shape index (κ1) is 21.7. The first-order chi connectivity index (χ1) is 16.5. The summed E-state index contributed by atoms with van der Waals surface area (Å²) < 4.78 is 0. The molecular formula is C24H22N8OS. The van der Waals surface area contributed by atoms with Gasteiger partial charge in [0.25, 0.3) is 0 Å². The number of amides is 1. The lowest BCUT2D eigenvalue weighted by molar-refractivity contribution is -0.118. The summed E-state index contributed by atoms with van der Waals surface area (Å²) in [6, 6.07) is 15.1. The summed E-state index contributed by atoms with van der Waals surface area (Å²) in [6.07, 6.45) is 3.94. The number of aromatic nitrogens is 5. The average molecular weight is 471 g/mol. The molecule has 34 heavy (non-hydrogen) atoms. The third-order valence-corrected chi connectivity index (χ3v) is 6.29. The summed E-state index contributed by atoms with van der Waals surface area (Å²) in [5.74, 6) is 1.91. The van der Waals surface area contributed by atoms with E-state index in [1.54, 1.807) is 18.5 Å². The highest BCUT2D eigenvalue weighted by Crippen LogP contribution is 2.19. The number of fused-ring (bicyclic) bond motifs is 2. The van der Waals surface area contributed by atoms with Gasteiger partial charge in [0, 0.05) is 29.4 Å². The molecule has 0 saturated heterocycles. The molecule has 0 aliphatic heterocycles. The molecule has 10 heteroatoms. The number of rotatable bonds is 8. The van der Waals surface area contributed by atoms with Crippen molar-refractivity contribution in [3.05, 3.63) is 83.7 Å². The molecule has 0 fully saturated rings. The lowest BCUT2D eigenvalue weighted by atomic mass is 10.2. The number of benzene rings is 2. The molecule has 0 saturated carbocycles. The zero-order valence-electron chi connectivity index (χ0n) is 18.1. The number of hydrogen-bond acceptors (Lipinski definition) is 6. The van der Waals surface area contributed by atoms with E-state index in [0.29, 0.717) is 24.3 Å². The van der Waals surface area contributed by atoms with Gasteiger partial charge in [0.1, 0.15) is 17.5 Å². The number of hydrogen-bond donors (Lipinski definition) is 5. The lowest BCUT2D eigenvalue weighted by Crippen LogP contribution is -2.24. The maximum Gasteiger partial charge on any atom is 0.230 e. The first-order valence-corrected chi connectivity index (χ1v) is 11.6. The standard InChI is InChI=1S/C24H22N8OS/c25-24(26)15-2-4-18-20(10-15)32-22(30-18)11-21-29-17-3-1-14(9-19(17)31-21)12-28-23(33)13-34-16-5-7-27-8-6-16/h1-10H,11-13H2,(H3,25,26)(H,28,33)(H,29,31)(H,30,32). The van der Waals surface area contributed by atoms with E-state index in [-0.39, 0.29) is 11.7 Å². The third-order valence-electron chi connectivity index (χ3n) is 5.28. The summed E-state index contributed by atoms with van der Waals surface area (Å²) in [5, 5.41) is 10.5. The SMILES string of the molecule is N=C(N)c1ccc2nc(Cc3nc4ccc(CNC(=O)CSc5ccncc5)cc4[nH]3)[nH]c2c1. The number of aromatic amines is 2. The maximum atomic E-state index is 12.2. The topological polar surface area (TPSA) is 149 Å². The molecule has 0 bridgehead atoms. The Morgan fingerprint density at radius 3 is 2.35 bits per heavy atom. The molecule has 5 aromatic rings. The average Bonchev–Trinajstić information content (AvgIpc) is 3.43. The van der Waals surface area contributed by atoms with Gasteiger partial charge in [0.2, 0.25) is 5.91 Å². The minimum absolute atomic E-state index is 0.0230. The lowest BCUT2D eigenvalue weighted by Gasteiger charge is -2.05. The predicted molar refractivity (Wildman–Crippen MR) is 133 cm³/mol. The molecule has 0 radical (unpaired) electrons. The number of thioether (sulfide) groups is 1. The van der Waals surface area contributed by atoms with E-state index >= 15 is 0 Å². The van der Waals surface area contributed by atoms with E-state index in [2.05, 4.69) is 30.2 Å². The van der Waals surface area contributed by atoms with Gasteiger partial charge in [-0.15, -0.1) is 11.8 Å². The summed E-state index contributed by atoms with van der Waals surface area (Å²) in [4.78, 5) is 33.1. The minimum atomic E-state index is -0.0231. The Morgan fingerprint density at radius 2 is 1.65 bits per heavy atom. The molecule has 6 N–H and O–H groups in total. The number of carbonyl (C=O) groups excluding carboxylic acids is 1. The van der Waals surface area contributed by atoms with Crippen molar-refractivity contribution < 1.29 is 4.79 Å². The largest absolute Gasteiger partial charge is 0.384 e. The predicted octanol–water partition coefficient (Wildman–Crippen LogP) is 3.12. The van der Waals surface area contributed by atoms with Gasteiger partial charge in [-0.05, 0) is 48.0 Å². The van der Waals surface area contributed by atoms with Crippen LogP contribution < -0.4 is 11.1 Å². The van der Waals surface area contributed by atoms with Crippen LogP contribution in [0.3, 0.4) is 0 Å². The molecule has 3 heterocycles. The zero-order chi connectivity index (χ0) is 23.5. The van der Waals surface area contributed by atoms with Gasteiger partial charge in [-0.1, -0.05) is 6.07 Å². The minimum Gasteiger partial charge on any atom is -0.384 e. The van der Waals surface area contributed by atoms with E-state index in [9.17, 15) is 4.79 Å². The highest BCUT2D eigenvalue weighted by atomic mass is 32.2. The van der Waals surface area contributed by atoms with Gasteiger partial charge in [0.15, 0.2) is 0 Å². The van der Waals surface area contributed by atoms with Crippen LogP contribution in [0.25, 0.3) is 22.1 Å². The van der Waals surface area contributed by atoms with Crippen LogP contribution in [0, 0.1) is 5.41 Å². The van der Waals surface area contributed by atoms with Crippen molar-refractivity contribution >= 4 is 45.6 Å². The highest BCUT2D eigenvalue weighted by molar-refractivity contribution is 8.00. The van der Waals surface area contributed by atoms with Crippen LogP contribution in [-0.4, -0.2) is 42.4 Å². The van der Waals surface area contributed by atoms with Crippen molar-refractivity contribution in [1.29, 1.82) is 5.41 Å².